The fourth-order valence-corrected chi connectivity index (χ4v) is 7.70. The van der Waals surface area contributed by atoms with Crippen LogP contribution in [0.15, 0.2) is 18.3 Å². The fourth-order valence-electron chi connectivity index (χ4n) is 7.02. The molecule has 2 saturated carbocycles. The zero-order chi connectivity index (χ0) is 23.3. The predicted molar refractivity (Wildman–Crippen MR) is 126 cm³/mol. The number of nitriles is 1. The lowest BCUT2D eigenvalue weighted by Crippen LogP contribution is -2.44. The number of hydrogen-bond donors (Lipinski definition) is 2. The highest BCUT2D eigenvalue weighted by atomic mass is 32.1. The first kappa shape index (κ1) is 22.1. The van der Waals surface area contributed by atoms with Crippen molar-refractivity contribution in [2.24, 2.45) is 23.2 Å². The molecule has 5 rings (SSSR count). The summed E-state index contributed by atoms with van der Waals surface area (Å²) in [6, 6.07) is 5.82. The van der Waals surface area contributed by atoms with Crippen LogP contribution in [0.25, 0.3) is 0 Å². The second-order valence-electron chi connectivity index (χ2n) is 10.2. The van der Waals surface area contributed by atoms with Gasteiger partial charge >= 0.3 is 0 Å². The van der Waals surface area contributed by atoms with E-state index in [2.05, 4.69) is 23.3 Å². The topological polar surface area (TPSA) is 103 Å². The number of fused-ring (bicyclic) bond motifs is 5. The summed E-state index contributed by atoms with van der Waals surface area (Å²) >= 11 is 1.47. The van der Waals surface area contributed by atoms with Crippen LogP contribution in [-0.4, -0.2) is 21.8 Å². The number of carbonyl (C=O) groups excluding carboxylic acids is 2. The number of anilines is 1. The average Bonchev–Trinajstić information content (AvgIpc) is 3.31. The molecule has 1 amide bonds. The average molecular weight is 464 g/mol. The highest BCUT2D eigenvalue weighted by Gasteiger charge is 2.58. The number of amides is 1. The van der Waals surface area contributed by atoms with Crippen LogP contribution in [0.3, 0.4) is 0 Å². The molecule has 1 aromatic heterocycles. The van der Waals surface area contributed by atoms with Crippen molar-refractivity contribution >= 4 is 28.2 Å². The zero-order valence-corrected chi connectivity index (χ0v) is 19.9. The Kier molecular flexibility index (Phi) is 5.52. The van der Waals surface area contributed by atoms with Crippen LogP contribution in [-0.2, 0) is 16.0 Å². The molecule has 5 atom stereocenters. The van der Waals surface area contributed by atoms with Gasteiger partial charge in [0.2, 0.25) is 5.91 Å². The number of phenolic OH excluding ortho intramolecular Hbond substituents is 1. The maximum Gasteiger partial charge on any atom is 0.226 e. The van der Waals surface area contributed by atoms with Gasteiger partial charge in [0.1, 0.15) is 17.6 Å². The van der Waals surface area contributed by atoms with Crippen LogP contribution in [0.2, 0.25) is 0 Å². The summed E-state index contributed by atoms with van der Waals surface area (Å²) in [4.78, 5) is 31.0. The molecule has 0 saturated heterocycles. The molecule has 1 heterocycles. The van der Waals surface area contributed by atoms with Crippen molar-refractivity contribution in [2.75, 3.05) is 5.32 Å². The standard InChI is InChI=1S/C26H29N3O3S/c1-14-13-28-25(33-14)29-23(32)8-3-15-11-22(31)26(2)10-9-18-16-6-7-21(30)20(12-27)17(16)4-5-19(18)24(15)26/h6-7,13,15,18-19,24,30H,3-5,8-11H2,1-2H3,(H,28,29,32). The van der Waals surface area contributed by atoms with E-state index in [0.717, 1.165) is 36.1 Å². The minimum Gasteiger partial charge on any atom is -0.507 e. The zero-order valence-electron chi connectivity index (χ0n) is 19.1. The van der Waals surface area contributed by atoms with Crippen molar-refractivity contribution in [3.63, 3.8) is 0 Å². The SMILES string of the molecule is Cc1cnc(NC(=O)CCC2CC(=O)C3(C)CCC4c5ccc(O)c(C#N)c5CCC4C23)s1. The van der Waals surface area contributed by atoms with Gasteiger partial charge in [0.05, 0.1) is 5.56 Å². The van der Waals surface area contributed by atoms with Crippen LogP contribution in [0.5, 0.6) is 5.75 Å². The lowest BCUT2D eigenvalue weighted by Gasteiger charge is -2.50. The number of aryl methyl sites for hydroxylation is 1. The highest BCUT2D eigenvalue weighted by Crippen LogP contribution is 2.62. The Morgan fingerprint density at radius 2 is 2.21 bits per heavy atom. The number of Topliss-reactive ketones (excluding diaryl/α,β-unsaturated/α-hetero) is 1. The minimum atomic E-state index is -0.318. The van der Waals surface area contributed by atoms with E-state index in [9.17, 15) is 20.0 Å². The summed E-state index contributed by atoms with van der Waals surface area (Å²) in [6.07, 6.45) is 6.86. The number of benzene rings is 1. The molecule has 2 N–H and O–H groups in total. The molecule has 0 spiro atoms. The number of rotatable bonds is 4. The molecule has 6 nitrogen and oxygen atoms in total. The summed E-state index contributed by atoms with van der Waals surface area (Å²) in [5, 5.41) is 23.2. The van der Waals surface area contributed by atoms with E-state index < -0.39 is 0 Å². The summed E-state index contributed by atoms with van der Waals surface area (Å²) < 4.78 is 0. The number of nitrogens with zero attached hydrogens (tertiary/aromatic N) is 2. The number of thiazole rings is 1. The largest absolute Gasteiger partial charge is 0.507 e. The summed E-state index contributed by atoms with van der Waals surface area (Å²) in [5.41, 5.74) is 2.26. The maximum absolute atomic E-state index is 13.2. The van der Waals surface area contributed by atoms with Crippen LogP contribution >= 0.6 is 11.3 Å². The Bertz CT molecular complexity index is 1170. The lowest BCUT2D eigenvalue weighted by molar-refractivity contribution is -0.129. The predicted octanol–water partition coefficient (Wildman–Crippen LogP) is 5.10. The number of phenols is 1. The molecule has 0 bridgehead atoms. The summed E-state index contributed by atoms with van der Waals surface area (Å²) in [6.45, 7) is 4.10. The minimum absolute atomic E-state index is 0.0408. The van der Waals surface area contributed by atoms with Gasteiger partial charge in [-0.3, -0.25) is 9.59 Å². The van der Waals surface area contributed by atoms with Crippen molar-refractivity contribution in [1.29, 1.82) is 5.26 Å². The van der Waals surface area contributed by atoms with Gasteiger partial charge < -0.3 is 10.4 Å². The van der Waals surface area contributed by atoms with Crippen molar-refractivity contribution in [2.45, 2.75) is 64.7 Å². The van der Waals surface area contributed by atoms with Crippen LogP contribution in [0.1, 0.15) is 72.9 Å². The molecule has 172 valence electrons. The van der Waals surface area contributed by atoms with Gasteiger partial charge in [0, 0.05) is 29.3 Å². The van der Waals surface area contributed by atoms with Gasteiger partial charge in [-0.05, 0) is 79.9 Å². The molecule has 5 unspecified atom stereocenters. The second kappa shape index (κ2) is 8.25. The first-order chi connectivity index (χ1) is 15.8. The molecule has 0 aliphatic heterocycles. The second-order valence-corrected chi connectivity index (χ2v) is 11.4. The third-order valence-electron chi connectivity index (χ3n) is 8.46. The van der Waals surface area contributed by atoms with Crippen molar-refractivity contribution in [1.82, 2.24) is 4.98 Å². The molecule has 2 fully saturated rings. The van der Waals surface area contributed by atoms with Gasteiger partial charge in [-0.1, -0.05) is 13.0 Å². The molecule has 33 heavy (non-hydrogen) atoms. The number of hydrogen-bond acceptors (Lipinski definition) is 6. The van der Waals surface area contributed by atoms with E-state index >= 15 is 0 Å². The van der Waals surface area contributed by atoms with E-state index in [-0.39, 0.29) is 28.9 Å². The quantitative estimate of drug-likeness (QED) is 0.657. The smallest absolute Gasteiger partial charge is 0.226 e. The first-order valence-electron chi connectivity index (χ1n) is 11.8. The first-order valence-corrected chi connectivity index (χ1v) is 12.6. The number of aromatic hydroxyl groups is 1. The molecular formula is C26H29N3O3S. The van der Waals surface area contributed by atoms with Gasteiger partial charge in [-0.2, -0.15) is 5.26 Å². The van der Waals surface area contributed by atoms with Crippen LogP contribution in [0.4, 0.5) is 5.13 Å². The van der Waals surface area contributed by atoms with Crippen molar-refractivity contribution in [3.8, 4) is 11.8 Å². The maximum atomic E-state index is 13.2. The van der Waals surface area contributed by atoms with Crippen LogP contribution in [0, 0.1) is 41.4 Å². The fraction of sp³-hybridized carbons (Fsp3) is 0.538. The van der Waals surface area contributed by atoms with Crippen molar-refractivity contribution in [3.05, 3.63) is 39.9 Å². The van der Waals surface area contributed by atoms with Crippen LogP contribution < -0.4 is 5.32 Å². The van der Waals surface area contributed by atoms with E-state index in [1.54, 1.807) is 12.3 Å². The Morgan fingerprint density at radius 1 is 1.39 bits per heavy atom. The highest BCUT2D eigenvalue weighted by molar-refractivity contribution is 7.15. The van der Waals surface area contributed by atoms with E-state index in [1.807, 2.05) is 13.0 Å². The Hall–Kier alpha value is -2.72. The van der Waals surface area contributed by atoms with E-state index in [4.69, 9.17) is 0 Å². The van der Waals surface area contributed by atoms with E-state index in [0.29, 0.717) is 47.6 Å². The molecule has 3 aliphatic rings. The normalized spacial score (nSPS) is 30.2. The monoisotopic (exact) mass is 463 g/mol. The Labute approximate surface area is 198 Å². The molecule has 3 aliphatic carbocycles. The number of aromatic nitrogens is 1. The Morgan fingerprint density at radius 3 is 2.94 bits per heavy atom. The Balaban J connectivity index is 1.36. The molecule has 7 heteroatoms. The van der Waals surface area contributed by atoms with Gasteiger partial charge in [-0.15, -0.1) is 11.3 Å². The number of carbonyl (C=O) groups is 2. The third-order valence-corrected chi connectivity index (χ3v) is 9.29. The molecular weight excluding hydrogens is 434 g/mol. The van der Waals surface area contributed by atoms with Gasteiger partial charge in [-0.25, -0.2) is 4.98 Å². The number of nitrogens with one attached hydrogen (secondary N) is 1. The molecule has 1 aromatic carbocycles. The molecule has 2 aromatic rings. The lowest BCUT2D eigenvalue weighted by atomic mass is 9.53. The summed E-state index contributed by atoms with van der Waals surface area (Å²) in [5.74, 6) is 1.50. The van der Waals surface area contributed by atoms with E-state index in [1.165, 1.54) is 16.9 Å². The molecule has 0 radical (unpaired) electrons. The van der Waals surface area contributed by atoms with Gasteiger partial charge in [0.15, 0.2) is 5.13 Å². The summed E-state index contributed by atoms with van der Waals surface area (Å²) in [7, 11) is 0. The van der Waals surface area contributed by atoms with Gasteiger partial charge in [0.25, 0.3) is 0 Å². The third kappa shape index (κ3) is 3.65. The number of ketones is 1. The van der Waals surface area contributed by atoms with Crippen molar-refractivity contribution < 1.29 is 14.7 Å².